The maximum absolute atomic E-state index is 14.0. The first-order valence-corrected chi connectivity index (χ1v) is 25.4. The van der Waals surface area contributed by atoms with E-state index in [-0.39, 0.29) is 34.2 Å². The smallest absolute Gasteiger partial charge is 0.293 e. The van der Waals surface area contributed by atoms with E-state index in [4.69, 9.17) is 4.74 Å². The quantitative estimate of drug-likeness (QED) is 0.0602. The molecule has 356 valence electrons. The van der Waals surface area contributed by atoms with Gasteiger partial charge in [-0.2, -0.15) is 0 Å². The van der Waals surface area contributed by atoms with E-state index in [9.17, 15) is 32.8 Å². The van der Waals surface area contributed by atoms with Crippen LogP contribution in [0.15, 0.2) is 107 Å². The van der Waals surface area contributed by atoms with E-state index in [1.54, 1.807) is 42.7 Å². The molecule has 4 N–H and O–H groups in total. The number of hydrogen-bond donors (Lipinski definition) is 4. The number of H-pyrrole nitrogens is 1. The summed E-state index contributed by atoms with van der Waals surface area (Å²) in [7, 11) is -4.59. The molecule has 0 spiro atoms. The van der Waals surface area contributed by atoms with Crippen molar-refractivity contribution < 1.29 is 32.4 Å². The lowest BCUT2D eigenvalue weighted by molar-refractivity contribution is -0.384. The number of allylic oxidation sites excluding steroid dienone is 1. The number of nitro benzene ring substituents is 1. The third-order valence-electron chi connectivity index (χ3n) is 13.7. The van der Waals surface area contributed by atoms with Crippen LogP contribution in [0.25, 0.3) is 27.7 Å². The molecule has 3 aromatic carbocycles. The third-order valence-corrected chi connectivity index (χ3v) is 16.0. The van der Waals surface area contributed by atoms with Gasteiger partial charge in [-0.05, 0) is 140 Å². The van der Waals surface area contributed by atoms with Crippen molar-refractivity contribution in [2.24, 2.45) is 11.3 Å². The standard InChI is InChI=1S/C51H56FN7O7S2/c1-50(2)16-14-36(43(28-50)47-25-37(32-67-47)34-4-6-38(52)7-5-34)31-57-20-22-58(23-21-57)39-8-10-42(46(26-39)66-40-24-35-15-19-53-48(35)55-30-40)49(60)56-68(64,65)41-9-11-44(45(27-41)59(62)63)54-29-33-12-17-51(3,61)18-13-33/h4-11,15,19,24-27,30,32-33,54,61H,12-14,16-18,20-23,28-29,31H2,1-3H3,(H,53,55)(H,56,60)/t33-,51-. The van der Waals surface area contributed by atoms with Crippen LogP contribution in [0.3, 0.4) is 0 Å². The molecule has 2 fully saturated rings. The highest BCUT2D eigenvalue weighted by Gasteiger charge is 2.32. The first-order valence-electron chi connectivity index (χ1n) is 23.1. The molecule has 68 heavy (non-hydrogen) atoms. The lowest BCUT2D eigenvalue weighted by Gasteiger charge is -2.39. The molecule has 3 aliphatic rings. The molecule has 6 aromatic rings. The molecule has 2 aliphatic carbocycles. The Morgan fingerprint density at radius 1 is 0.985 bits per heavy atom. The van der Waals surface area contributed by atoms with Crippen LogP contribution in [0.2, 0.25) is 0 Å². The minimum atomic E-state index is -4.59. The molecule has 0 bridgehead atoms. The number of nitro groups is 1. The van der Waals surface area contributed by atoms with Crippen molar-refractivity contribution >= 4 is 60.9 Å². The number of fused-ring (bicyclic) bond motifs is 1. The van der Waals surface area contributed by atoms with Gasteiger partial charge in [-0.25, -0.2) is 22.5 Å². The summed E-state index contributed by atoms with van der Waals surface area (Å²) in [5.74, 6) is -0.579. The molecular weight excluding hydrogens is 906 g/mol. The minimum absolute atomic E-state index is 0.0553. The van der Waals surface area contributed by atoms with Gasteiger partial charge in [-0.1, -0.05) is 31.6 Å². The molecule has 9 rings (SSSR count). The van der Waals surface area contributed by atoms with Crippen LogP contribution in [-0.2, 0) is 10.0 Å². The lowest BCUT2D eigenvalue weighted by atomic mass is 9.73. The number of rotatable bonds is 14. The maximum Gasteiger partial charge on any atom is 0.293 e. The normalized spacial score (nSPS) is 20.1. The number of halogens is 1. The van der Waals surface area contributed by atoms with Crippen LogP contribution in [-0.4, -0.2) is 84.1 Å². The molecule has 17 heteroatoms. The molecule has 3 aromatic heterocycles. The number of nitrogens with one attached hydrogen (secondary N) is 3. The van der Waals surface area contributed by atoms with Gasteiger partial charge in [0.2, 0.25) is 0 Å². The Kier molecular flexibility index (Phi) is 13.2. The van der Waals surface area contributed by atoms with Gasteiger partial charge in [0.15, 0.2) is 0 Å². The van der Waals surface area contributed by atoms with E-state index in [0.29, 0.717) is 43.9 Å². The van der Waals surface area contributed by atoms with Crippen LogP contribution in [0.1, 0.15) is 81.0 Å². The summed E-state index contributed by atoms with van der Waals surface area (Å²) in [6, 6.07) is 21.1. The van der Waals surface area contributed by atoms with E-state index in [2.05, 4.69) is 55.1 Å². The Morgan fingerprint density at radius 3 is 2.50 bits per heavy atom. The van der Waals surface area contributed by atoms with Crippen LogP contribution >= 0.6 is 11.3 Å². The van der Waals surface area contributed by atoms with E-state index in [0.717, 1.165) is 80.0 Å². The van der Waals surface area contributed by atoms with Crippen LogP contribution < -0.4 is 19.7 Å². The zero-order valence-electron chi connectivity index (χ0n) is 38.4. The fourth-order valence-electron chi connectivity index (χ4n) is 9.55. The average Bonchev–Trinajstić information content (AvgIpc) is 4.00. The van der Waals surface area contributed by atoms with Crippen LogP contribution in [0, 0.1) is 27.3 Å². The van der Waals surface area contributed by atoms with Crippen LogP contribution in [0.4, 0.5) is 21.5 Å². The predicted octanol–water partition coefficient (Wildman–Crippen LogP) is 10.4. The number of piperazine rings is 1. The van der Waals surface area contributed by atoms with Crippen molar-refractivity contribution in [3.05, 3.63) is 129 Å². The van der Waals surface area contributed by atoms with Crippen LogP contribution in [0.5, 0.6) is 11.5 Å². The van der Waals surface area contributed by atoms with E-state index >= 15 is 0 Å². The SMILES string of the molecule is CC1(C)CCC(CN2CCN(c3ccc(C(=O)NS(=O)(=O)c4ccc(NC[C@H]5CC[C@](C)(O)CC5)c([N+](=O)[O-])c4)c(Oc4cnc5[nH]ccc5c4)c3)CC2)=C(c2cc(-c3ccc(F)cc3)cs2)C1. The number of sulfonamides is 1. The number of nitrogens with zero attached hydrogens (tertiary/aromatic N) is 4. The number of anilines is 2. The summed E-state index contributed by atoms with van der Waals surface area (Å²) < 4.78 is 49.7. The molecule has 0 atom stereocenters. The fourth-order valence-corrected chi connectivity index (χ4v) is 11.5. The molecule has 14 nitrogen and oxygen atoms in total. The molecule has 4 heterocycles. The van der Waals surface area contributed by atoms with Crippen molar-refractivity contribution in [1.82, 2.24) is 19.6 Å². The fraction of sp³-hybridized carbons (Fsp3) is 0.373. The second kappa shape index (κ2) is 19.1. The van der Waals surface area contributed by atoms with Gasteiger partial charge in [0.25, 0.3) is 21.6 Å². The predicted molar refractivity (Wildman–Crippen MR) is 264 cm³/mol. The number of hydrogen-bond acceptors (Lipinski definition) is 12. The number of ether oxygens (including phenoxy) is 1. The van der Waals surface area contributed by atoms with Crippen molar-refractivity contribution in [1.29, 1.82) is 0 Å². The van der Waals surface area contributed by atoms with E-state index in [1.807, 2.05) is 18.2 Å². The number of amides is 1. The molecule has 1 amide bonds. The topological polar surface area (TPSA) is 183 Å². The molecule has 1 aliphatic heterocycles. The number of carbonyl (C=O) groups excluding carboxylic acids is 1. The van der Waals surface area contributed by atoms with Crippen molar-refractivity contribution in [2.45, 2.75) is 76.2 Å². The molecule has 0 unspecified atom stereocenters. The number of carbonyl (C=O) groups is 1. The second-order valence-electron chi connectivity index (χ2n) is 19.5. The van der Waals surface area contributed by atoms with E-state index in [1.165, 1.54) is 52.6 Å². The Bertz CT molecular complexity index is 2980. The van der Waals surface area contributed by atoms with Crippen molar-refractivity contribution in [3.8, 4) is 22.6 Å². The van der Waals surface area contributed by atoms with Gasteiger partial charge in [0.1, 0.15) is 28.7 Å². The third kappa shape index (κ3) is 10.8. The monoisotopic (exact) mass is 961 g/mol. The number of thiophene rings is 1. The minimum Gasteiger partial charge on any atom is -0.455 e. The summed E-state index contributed by atoms with van der Waals surface area (Å²) in [5.41, 5.74) is 5.52. The molecule has 1 saturated carbocycles. The van der Waals surface area contributed by atoms with Gasteiger partial charge >= 0.3 is 0 Å². The molecule has 1 saturated heterocycles. The highest BCUT2D eigenvalue weighted by molar-refractivity contribution is 7.90. The summed E-state index contributed by atoms with van der Waals surface area (Å²) in [6.45, 7) is 10.7. The van der Waals surface area contributed by atoms with Crippen molar-refractivity contribution in [3.63, 3.8) is 0 Å². The first kappa shape index (κ1) is 46.9. The van der Waals surface area contributed by atoms with Gasteiger partial charge in [-0.15, -0.1) is 11.3 Å². The van der Waals surface area contributed by atoms with Gasteiger partial charge in [0.05, 0.1) is 27.2 Å². The summed E-state index contributed by atoms with van der Waals surface area (Å²) in [4.78, 5) is 38.5. The number of aromatic nitrogens is 2. The zero-order valence-corrected chi connectivity index (χ0v) is 40.0. The number of aromatic amines is 1. The Morgan fingerprint density at radius 2 is 1.75 bits per heavy atom. The number of benzene rings is 3. The first-order chi connectivity index (χ1) is 32.5. The zero-order chi connectivity index (χ0) is 47.8. The summed E-state index contributed by atoms with van der Waals surface area (Å²) >= 11 is 1.74. The lowest BCUT2D eigenvalue weighted by Crippen LogP contribution is -2.47. The second-order valence-corrected chi connectivity index (χ2v) is 22.0. The van der Waals surface area contributed by atoms with E-state index < -0.39 is 37.0 Å². The van der Waals surface area contributed by atoms with Gasteiger partial charge in [-0.3, -0.25) is 19.8 Å². The molecular formula is C51H56FN7O7S2. The Labute approximate surface area is 399 Å². The largest absolute Gasteiger partial charge is 0.455 e. The molecule has 0 radical (unpaired) electrons. The maximum atomic E-state index is 14.0. The number of aliphatic hydroxyl groups is 1. The highest BCUT2D eigenvalue weighted by Crippen LogP contribution is 2.46. The summed E-state index contributed by atoms with van der Waals surface area (Å²) in [6.07, 6.45) is 9.15. The highest BCUT2D eigenvalue weighted by atomic mass is 32.2. The number of pyridine rings is 1. The Balaban J connectivity index is 0.914. The Hall–Kier alpha value is -6.14. The average molecular weight is 962 g/mol. The van der Waals surface area contributed by atoms with Crippen molar-refractivity contribution in [2.75, 3.05) is 49.5 Å². The summed E-state index contributed by atoms with van der Waals surface area (Å²) in [5, 5.41) is 28.5. The van der Waals surface area contributed by atoms with Gasteiger partial charge in [0, 0.05) is 73.5 Å². The van der Waals surface area contributed by atoms with Gasteiger partial charge < -0.3 is 25.0 Å².